The molecule has 4 nitrogen and oxygen atoms in total. The van der Waals surface area contributed by atoms with Gasteiger partial charge in [-0.1, -0.05) is 127 Å². The van der Waals surface area contributed by atoms with E-state index in [4.69, 9.17) is 18.8 Å². The van der Waals surface area contributed by atoms with E-state index in [9.17, 15) is 0 Å². The summed E-state index contributed by atoms with van der Waals surface area (Å²) >= 11 is 0. The van der Waals surface area contributed by atoms with Crippen molar-refractivity contribution < 1.29 is 8.83 Å². The van der Waals surface area contributed by atoms with Gasteiger partial charge in [0, 0.05) is 32.8 Å². The molecule has 50 heavy (non-hydrogen) atoms. The Kier molecular flexibility index (Phi) is 5.63. The van der Waals surface area contributed by atoms with Crippen molar-refractivity contribution in [3.05, 3.63) is 158 Å². The molecule has 232 valence electrons. The molecule has 0 aliphatic rings. The van der Waals surface area contributed by atoms with Crippen molar-refractivity contribution in [2.45, 2.75) is 0 Å². The molecule has 0 aliphatic carbocycles. The van der Waals surface area contributed by atoms with E-state index in [1.807, 2.05) is 36.4 Å². The van der Waals surface area contributed by atoms with E-state index < -0.39 is 0 Å². The van der Waals surface area contributed by atoms with Gasteiger partial charge in [-0.25, -0.2) is 9.97 Å². The predicted molar refractivity (Wildman–Crippen MR) is 205 cm³/mol. The summed E-state index contributed by atoms with van der Waals surface area (Å²) in [4.78, 5) is 10.2. The summed E-state index contributed by atoms with van der Waals surface area (Å²) in [5, 5.41) is 8.34. The lowest BCUT2D eigenvalue weighted by Gasteiger charge is -2.11. The fourth-order valence-electron chi connectivity index (χ4n) is 7.74. The van der Waals surface area contributed by atoms with Crippen molar-refractivity contribution >= 4 is 65.6 Å². The van der Waals surface area contributed by atoms with Gasteiger partial charge in [0.25, 0.3) is 0 Å². The molecule has 0 bridgehead atoms. The zero-order valence-corrected chi connectivity index (χ0v) is 26.7. The van der Waals surface area contributed by atoms with E-state index in [-0.39, 0.29) is 0 Å². The molecule has 0 radical (unpaired) electrons. The van der Waals surface area contributed by atoms with Gasteiger partial charge >= 0.3 is 0 Å². The monoisotopic (exact) mass is 638 g/mol. The molecule has 3 heterocycles. The second-order valence-electron chi connectivity index (χ2n) is 12.9. The topological polar surface area (TPSA) is 52.1 Å². The van der Waals surface area contributed by atoms with Crippen LogP contribution in [0.5, 0.6) is 0 Å². The van der Waals surface area contributed by atoms with Gasteiger partial charge in [-0.15, -0.1) is 0 Å². The molecule has 0 saturated carbocycles. The average Bonchev–Trinajstić information content (AvgIpc) is 3.77. The lowest BCUT2D eigenvalue weighted by molar-refractivity contribution is 0.667. The van der Waals surface area contributed by atoms with E-state index in [2.05, 4.69) is 121 Å². The van der Waals surface area contributed by atoms with Crippen molar-refractivity contribution in [2.75, 3.05) is 0 Å². The van der Waals surface area contributed by atoms with E-state index in [0.29, 0.717) is 11.4 Å². The highest BCUT2D eigenvalue weighted by Crippen LogP contribution is 2.45. The van der Waals surface area contributed by atoms with Crippen LogP contribution in [0.2, 0.25) is 0 Å². The van der Waals surface area contributed by atoms with Crippen LogP contribution in [0.25, 0.3) is 110 Å². The zero-order valence-electron chi connectivity index (χ0n) is 26.7. The maximum absolute atomic E-state index is 6.62. The standard InChI is InChI=1S/C46H26N2O2/c1-2-10-29(11-3-1)42-45-43(37-16-6-7-18-38(37)49-45)48-46(47-42)31-13-8-12-30(26-31)27-20-22-28(23-21-27)32-24-25-36-34-15-5-4-14-33(34)35-17-9-19-39-40(35)41(36)44(32)50-39/h1-26H. The van der Waals surface area contributed by atoms with Crippen LogP contribution in [-0.4, -0.2) is 9.97 Å². The van der Waals surface area contributed by atoms with Gasteiger partial charge in [-0.05, 0) is 68.6 Å². The van der Waals surface area contributed by atoms with Crippen LogP contribution in [0.15, 0.2) is 167 Å². The highest BCUT2D eigenvalue weighted by Gasteiger charge is 2.21. The first-order valence-corrected chi connectivity index (χ1v) is 16.8. The second-order valence-corrected chi connectivity index (χ2v) is 12.9. The van der Waals surface area contributed by atoms with Gasteiger partial charge in [-0.2, -0.15) is 0 Å². The maximum Gasteiger partial charge on any atom is 0.180 e. The summed E-state index contributed by atoms with van der Waals surface area (Å²) in [5.74, 6) is 0.663. The smallest absolute Gasteiger partial charge is 0.180 e. The fourth-order valence-corrected chi connectivity index (χ4v) is 7.74. The summed E-state index contributed by atoms with van der Waals surface area (Å²) in [6, 6.07) is 54.9. The first-order valence-electron chi connectivity index (χ1n) is 16.8. The number of para-hydroxylation sites is 1. The Labute approximate surface area is 286 Å². The summed E-state index contributed by atoms with van der Waals surface area (Å²) in [6.45, 7) is 0. The molecule has 0 aliphatic heterocycles. The third-order valence-electron chi connectivity index (χ3n) is 10.1. The first-order chi connectivity index (χ1) is 24.8. The SMILES string of the molecule is c1ccc(-c2nc(-c3cccc(-c4ccc(-c5ccc6c7ccccc7c7cccc8oc5c6c87)cc4)c3)nc3c2oc2ccccc23)cc1. The van der Waals surface area contributed by atoms with E-state index in [1.165, 1.54) is 32.3 Å². The molecule has 3 aromatic heterocycles. The van der Waals surface area contributed by atoms with Crippen molar-refractivity contribution in [1.82, 2.24) is 9.97 Å². The number of fused-ring (bicyclic) bond motifs is 6. The lowest BCUT2D eigenvalue weighted by Crippen LogP contribution is -1.94. The Bertz CT molecular complexity index is 3080. The molecule has 11 rings (SSSR count). The van der Waals surface area contributed by atoms with Crippen LogP contribution in [0.1, 0.15) is 0 Å². The normalized spacial score (nSPS) is 12.0. The summed E-state index contributed by atoms with van der Waals surface area (Å²) < 4.78 is 12.9. The molecule has 4 heteroatoms. The van der Waals surface area contributed by atoms with E-state index in [0.717, 1.165) is 66.7 Å². The number of furan rings is 2. The van der Waals surface area contributed by atoms with Gasteiger partial charge < -0.3 is 8.83 Å². The molecule has 8 aromatic carbocycles. The minimum atomic E-state index is 0.663. The molecule has 0 unspecified atom stereocenters. The highest BCUT2D eigenvalue weighted by atomic mass is 16.3. The minimum Gasteiger partial charge on any atom is -0.455 e. The maximum atomic E-state index is 6.62. The van der Waals surface area contributed by atoms with Gasteiger partial charge in [0.1, 0.15) is 28.0 Å². The van der Waals surface area contributed by atoms with Crippen molar-refractivity contribution in [3.8, 4) is 44.9 Å². The van der Waals surface area contributed by atoms with Crippen molar-refractivity contribution in [2.24, 2.45) is 0 Å². The average molecular weight is 639 g/mol. The Morgan fingerprint density at radius 3 is 1.82 bits per heavy atom. The Morgan fingerprint density at radius 2 is 0.980 bits per heavy atom. The Balaban J connectivity index is 1.02. The fraction of sp³-hybridized carbons (Fsp3) is 0. The third-order valence-corrected chi connectivity index (χ3v) is 10.1. The zero-order chi connectivity index (χ0) is 32.8. The van der Waals surface area contributed by atoms with Gasteiger partial charge in [-0.3, -0.25) is 0 Å². The van der Waals surface area contributed by atoms with E-state index >= 15 is 0 Å². The van der Waals surface area contributed by atoms with Crippen LogP contribution >= 0.6 is 0 Å². The number of aromatic nitrogens is 2. The largest absolute Gasteiger partial charge is 0.455 e. The molecular formula is C46H26N2O2. The molecular weight excluding hydrogens is 613 g/mol. The second kappa shape index (κ2) is 10.4. The summed E-state index contributed by atoms with van der Waals surface area (Å²) in [5.41, 5.74) is 11.3. The van der Waals surface area contributed by atoms with Crippen molar-refractivity contribution in [3.63, 3.8) is 0 Å². The Hall–Kier alpha value is -6.78. The summed E-state index contributed by atoms with van der Waals surface area (Å²) in [6.07, 6.45) is 0. The quantitative estimate of drug-likeness (QED) is 0.180. The van der Waals surface area contributed by atoms with Crippen LogP contribution < -0.4 is 0 Å². The van der Waals surface area contributed by atoms with Gasteiger partial charge in [0.2, 0.25) is 0 Å². The van der Waals surface area contributed by atoms with Crippen LogP contribution in [0, 0.1) is 0 Å². The first kappa shape index (κ1) is 27.2. The number of rotatable bonds is 4. The molecule has 0 amide bonds. The lowest BCUT2D eigenvalue weighted by atomic mass is 9.91. The highest BCUT2D eigenvalue weighted by molar-refractivity contribution is 6.34. The molecule has 0 N–H and O–H groups in total. The Morgan fingerprint density at radius 1 is 0.360 bits per heavy atom. The van der Waals surface area contributed by atoms with Crippen LogP contribution in [0.3, 0.4) is 0 Å². The van der Waals surface area contributed by atoms with Gasteiger partial charge in [0.15, 0.2) is 11.4 Å². The molecule has 0 saturated heterocycles. The molecule has 0 spiro atoms. The number of nitrogens with zero attached hydrogens (tertiary/aromatic N) is 2. The predicted octanol–water partition coefficient (Wildman–Crippen LogP) is 12.7. The van der Waals surface area contributed by atoms with Gasteiger partial charge in [0.05, 0.1) is 0 Å². The minimum absolute atomic E-state index is 0.663. The van der Waals surface area contributed by atoms with Crippen molar-refractivity contribution in [1.29, 1.82) is 0 Å². The molecule has 0 fully saturated rings. The number of benzene rings is 8. The summed E-state index contributed by atoms with van der Waals surface area (Å²) in [7, 11) is 0. The molecule has 0 atom stereocenters. The van der Waals surface area contributed by atoms with Crippen LogP contribution in [0.4, 0.5) is 0 Å². The van der Waals surface area contributed by atoms with E-state index in [1.54, 1.807) is 0 Å². The number of hydrogen-bond donors (Lipinski definition) is 0. The molecule has 11 aromatic rings. The third kappa shape index (κ3) is 3.93. The number of hydrogen-bond acceptors (Lipinski definition) is 4. The van der Waals surface area contributed by atoms with Crippen LogP contribution in [-0.2, 0) is 0 Å².